The zero-order valence-corrected chi connectivity index (χ0v) is 18.8. The molecular weight excluding hydrogens is 432 g/mol. The van der Waals surface area contributed by atoms with Crippen molar-refractivity contribution in [2.45, 2.75) is 18.7 Å². The SMILES string of the molecule is CCN(CC)S(=O)(=O)c1ccc(N/N=C\c2c(OC)ccc3ccccc23)c([N+](=O)[O-])c1. The van der Waals surface area contributed by atoms with Gasteiger partial charge in [-0.3, -0.25) is 15.5 Å². The summed E-state index contributed by atoms with van der Waals surface area (Å²) >= 11 is 0. The fraction of sp³-hybridized carbons (Fsp3) is 0.227. The minimum Gasteiger partial charge on any atom is -0.496 e. The van der Waals surface area contributed by atoms with E-state index in [4.69, 9.17) is 4.74 Å². The van der Waals surface area contributed by atoms with Gasteiger partial charge in [-0.15, -0.1) is 0 Å². The van der Waals surface area contributed by atoms with Crippen LogP contribution < -0.4 is 10.2 Å². The van der Waals surface area contributed by atoms with Crippen LogP contribution >= 0.6 is 0 Å². The molecule has 3 aromatic rings. The molecule has 0 aromatic heterocycles. The van der Waals surface area contributed by atoms with Gasteiger partial charge in [-0.2, -0.15) is 9.41 Å². The highest BCUT2D eigenvalue weighted by Crippen LogP contribution is 2.30. The molecule has 0 atom stereocenters. The highest BCUT2D eigenvalue weighted by Gasteiger charge is 2.25. The number of nitro groups is 1. The normalized spacial score (nSPS) is 11.9. The highest BCUT2D eigenvalue weighted by atomic mass is 32.2. The Labute approximate surface area is 186 Å². The van der Waals surface area contributed by atoms with Gasteiger partial charge in [0.15, 0.2) is 0 Å². The maximum Gasteiger partial charge on any atom is 0.295 e. The quantitative estimate of drug-likeness (QED) is 0.293. The lowest BCUT2D eigenvalue weighted by Crippen LogP contribution is -2.30. The molecule has 0 spiro atoms. The molecule has 3 aromatic carbocycles. The van der Waals surface area contributed by atoms with E-state index in [0.29, 0.717) is 11.3 Å². The van der Waals surface area contributed by atoms with Crippen molar-refractivity contribution in [1.29, 1.82) is 0 Å². The summed E-state index contributed by atoms with van der Waals surface area (Å²) in [6.45, 7) is 3.96. The zero-order chi connectivity index (χ0) is 23.3. The van der Waals surface area contributed by atoms with Gasteiger partial charge in [-0.05, 0) is 29.0 Å². The van der Waals surface area contributed by atoms with Crippen molar-refractivity contribution in [3.8, 4) is 5.75 Å². The largest absolute Gasteiger partial charge is 0.496 e. The van der Waals surface area contributed by atoms with Gasteiger partial charge < -0.3 is 4.74 Å². The molecule has 9 nitrogen and oxygen atoms in total. The van der Waals surface area contributed by atoms with Crippen LogP contribution in [-0.2, 0) is 10.0 Å². The van der Waals surface area contributed by atoms with E-state index in [2.05, 4.69) is 10.5 Å². The smallest absolute Gasteiger partial charge is 0.295 e. The van der Waals surface area contributed by atoms with Crippen LogP contribution in [-0.4, -0.2) is 44.1 Å². The number of nitro benzene ring substituents is 1. The summed E-state index contributed by atoms with van der Waals surface area (Å²) in [5.41, 5.74) is 3.05. The van der Waals surface area contributed by atoms with Crippen LogP contribution in [0.4, 0.5) is 11.4 Å². The maximum atomic E-state index is 12.7. The number of hydrogen-bond acceptors (Lipinski definition) is 7. The number of methoxy groups -OCH3 is 1. The highest BCUT2D eigenvalue weighted by molar-refractivity contribution is 7.89. The van der Waals surface area contributed by atoms with Crippen LogP contribution in [0.3, 0.4) is 0 Å². The molecule has 1 N–H and O–H groups in total. The number of fused-ring (bicyclic) bond motifs is 1. The molecule has 0 bridgehead atoms. The second-order valence-electron chi connectivity index (χ2n) is 6.80. The van der Waals surface area contributed by atoms with Crippen molar-refractivity contribution in [2.24, 2.45) is 5.10 Å². The minimum atomic E-state index is -3.82. The van der Waals surface area contributed by atoms with Crippen molar-refractivity contribution in [3.63, 3.8) is 0 Å². The van der Waals surface area contributed by atoms with Gasteiger partial charge in [0.05, 0.1) is 23.1 Å². The van der Waals surface area contributed by atoms with Crippen LogP contribution in [0.15, 0.2) is 64.6 Å². The van der Waals surface area contributed by atoms with Gasteiger partial charge in [0.2, 0.25) is 10.0 Å². The van der Waals surface area contributed by atoms with Crippen molar-refractivity contribution >= 4 is 38.4 Å². The van der Waals surface area contributed by atoms with E-state index in [1.165, 1.54) is 22.7 Å². The van der Waals surface area contributed by atoms with E-state index in [1.807, 2.05) is 36.4 Å². The number of nitrogens with zero attached hydrogens (tertiary/aromatic N) is 3. The molecule has 0 unspecified atom stereocenters. The molecule has 168 valence electrons. The van der Waals surface area contributed by atoms with Crippen LogP contribution in [0.25, 0.3) is 10.8 Å². The molecule has 3 rings (SSSR count). The lowest BCUT2D eigenvalue weighted by atomic mass is 10.0. The van der Waals surface area contributed by atoms with Crippen molar-refractivity contribution in [1.82, 2.24) is 4.31 Å². The first kappa shape index (κ1) is 23.2. The summed E-state index contributed by atoms with van der Waals surface area (Å²) in [7, 11) is -2.27. The predicted octanol–water partition coefficient (Wildman–Crippen LogP) is 4.23. The Morgan fingerprint density at radius 2 is 1.84 bits per heavy atom. The third-order valence-electron chi connectivity index (χ3n) is 5.04. The Hall–Kier alpha value is -3.50. The molecule has 10 heteroatoms. The van der Waals surface area contributed by atoms with Gasteiger partial charge in [0, 0.05) is 24.7 Å². The number of ether oxygens (including phenoxy) is 1. The molecule has 0 saturated carbocycles. The average molecular weight is 457 g/mol. The lowest BCUT2D eigenvalue weighted by molar-refractivity contribution is -0.384. The number of anilines is 1. The summed E-state index contributed by atoms with van der Waals surface area (Å²) in [4.78, 5) is 10.8. The van der Waals surface area contributed by atoms with Crippen LogP contribution in [0.1, 0.15) is 19.4 Å². The Morgan fingerprint density at radius 1 is 1.12 bits per heavy atom. The second kappa shape index (κ2) is 9.75. The Bertz CT molecular complexity index is 1270. The zero-order valence-electron chi connectivity index (χ0n) is 18.0. The third-order valence-corrected chi connectivity index (χ3v) is 7.08. The van der Waals surface area contributed by atoms with Crippen LogP contribution in [0.2, 0.25) is 0 Å². The standard InChI is InChI=1S/C22H24N4O5S/c1-4-25(5-2)32(29,30)17-11-12-20(21(14-17)26(27)28)24-23-15-19-18-9-7-6-8-16(18)10-13-22(19)31-3/h6-15,24H,4-5H2,1-3H3/b23-15-. The molecule has 0 heterocycles. The summed E-state index contributed by atoms with van der Waals surface area (Å²) in [6, 6.07) is 15.2. The molecule has 0 saturated heterocycles. The molecule has 0 fully saturated rings. The van der Waals surface area contributed by atoms with Gasteiger partial charge >= 0.3 is 0 Å². The predicted molar refractivity (Wildman–Crippen MR) is 125 cm³/mol. The van der Waals surface area contributed by atoms with E-state index in [9.17, 15) is 18.5 Å². The van der Waals surface area contributed by atoms with Gasteiger partial charge in [-0.25, -0.2) is 8.42 Å². The fourth-order valence-corrected chi connectivity index (χ4v) is 4.86. The molecule has 32 heavy (non-hydrogen) atoms. The molecule has 0 aliphatic heterocycles. The van der Waals surface area contributed by atoms with E-state index < -0.39 is 14.9 Å². The van der Waals surface area contributed by atoms with Crippen molar-refractivity contribution < 1.29 is 18.1 Å². The van der Waals surface area contributed by atoms with Crippen LogP contribution in [0.5, 0.6) is 5.75 Å². The second-order valence-corrected chi connectivity index (χ2v) is 8.74. The van der Waals surface area contributed by atoms with Gasteiger partial charge in [0.25, 0.3) is 5.69 Å². The molecule has 0 aliphatic rings. The topological polar surface area (TPSA) is 114 Å². The Morgan fingerprint density at radius 3 is 2.50 bits per heavy atom. The van der Waals surface area contributed by atoms with E-state index in [-0.39, 0.29) is 29.4 Å². The summed E-state index contributed by atoms with van der Waals surface area (Å²) in [5, 5.41) is 17.7. The number of sulfonamides is 1. The maximum absolute atomic E-state index is 12.7. The molecule has 0 radical (unpaired) electrons. The Balaban J connectivity index is 1.96. The first-order valence-corrected chi connectivity index (χ1v) is 11.4. The number of benzene rings is 3. The number of nitrogens with one attached hydrogen (secondary N) is 1. The van der Waals surface area contributed by atoms with Crippen molar-refractivity contribution in [2.75, 3.05) is 25.6 Å². The van der Waals surface area contributed by atoms with E-state index >= 15 is 0 Å². The summed E-state index contributed by atoms with van der Waals surface area (Å²) < 4.78 is 32.1. The number of hydrogen-bond donors (Lipinski definition) is 1. The van der Waals surface area contributed by atoms with E-state index in [1.54, 1.807) is 21.0 Å². The first-order chi connectivity index (χ1) is 15.3. The van der Waals surface area contributed by atoms with Gasteiger partial charge in [-0.1, -0.05) is 44.2 Å². The first-order valence-electron chi connectivity index (χ1n) is 9.96. The number of rotatable bonds is 9. The molecule has 0 aliphatic carbocycles. The van der Waals surface area contributed by atoms with Crippen molar-refractivity contribution in [3.05, 3.63) is 70.3 Å². The molecular formula is C22H24N4O5S. The summed E-state index contributed by atoms with van der Waals surface area (Å²) in [6.07, 6.45) is 1.52. The Kier molecular flexibility index (Phi) is 7.06. The monoisotopic (exact) mass is 456 g/mol. The van der Waals surface area contributed by atoms with Gasteiger partial charge in [0.1, 0.15) is 11.4 Å². The third kappa shape index (κ3) is 4.56. The van der Waals surface area contributed by atoms with E-state index in [0.717, 1.165) is 16.8 Å². The summed E-state index contributed by atoms with van der Waals surface area (Å²) in [5.74, 6) is 0.601. The lowest BCUT2D eigenvalue weighted by Gasteiger charge is -2.18. The average Bonchev–Trinajstić information content (AvgIpc) is 2.79. The minimum absolute atomic E-state index is 0.0731. The molecule has 0 amide bonds. The van der Waals surface area contributed by atoms with Crippen LogP contribution in [0, 0.1) is 10.1 Å². The fourth-order valence-electron chi connectivity index (χ4n) is 3.38. The number of hydrazone groups is 1.